The zero-order valence-corrected chi connectivity index (χ0v) is 10.5. The van der Waals surface area contributed by atoms with Gasteiger partial charge >= 0.3 is 12.1 Å². The topological polar surface area (TPSA) is 74.7 Å². The molecule has 5 nitrogen and oxygen atoms in total. The molecule has 0 aromatic heterocycles. The number of alkyl halides is 3. The maximum absolute atomic E-state index is 12.3. The van der Waals surface area contributed by atoms with Gasteiger partial charge in [0.05, 0.1) is 10.5 Å². The first kappa shape index (κ1) is 15.4. The summed E-state index contributed by atoms with van der Waals surface area (Å²) in [6.07, 6.45) is -4.56. The van der Waals surface area contributed by atoms with Crippen molar-refractivity contribution in [2.45, 2.75) is 11.1 Å². The van der Waals surface area contributed by atoms with E-state index in [4.69, 9.17) is 5.11 Å². The molecular formula is C10H10F3NO4S. The van der Waals surface area contributed by atoms with Gasteiger partial charge in [-0.25, -0.2) is 8.42 Å². The van der Waals surface area contributed by atoms with E-state index < -0.39 is 39.2 Å². The number of rotatable bonds is 4. The fourth-order valence-electron chi connectivity index (χ4n) is 1.27. The number of hydrogen-bond donors (Lipinski definition) is 1. The SMILES string of the molecule is CN(CC(=O)O)S(=O)(=O)c1ccc(C(F)(F)F)cc1. The fourth-order valence-corrected chi connectivity index (χ4v) is 2.39. The molecule has 0 saturated heterocycles. The van der Waals surface area contributed by atoms with Crippen molar-refractivity contribution in [1.82, 2.24) is 4.31 Å². The van der Waals surface area contributed by atoms with Crippen LogP contribution in [0.3, 0.4) is 0 Å². The molecular weight excluding hydrogens is 287 g/mol. The number of carboxylic acid groups (broad SMARTS) is 1. The molecule has 19 heavy (non-hydrogen) atoms. The average molecular weight is 297 g/mol. The van der Waals surface area contributed by atoms with E-state index in [9.17, 15) is 26.4 Å². The molecule has 106 valence electrons. The van der Waals surface area contributed by atoms with Gasteiger partial charge in [-0.3, -0.25) is 4.79 Å². The Labute approximate surface area is 107 Å². The van der Waals surface area contributed by atoms with Gasteiger partial charge in [0.25, 0.3) is 0 Å². The molecule has 0 bridgehead atoms. The second-order valence-electron chi connectivity index (χ2n) is 3.68. The van der Waals surface area contributed by atoms with Crippen LogP contribution < -0.4 is 0 Å². The van der Waals surface area contributed by atoms with E-state index >= 15 is 0 Å². The van der Waals surface area contributed by atoms with Gasteiger partial charge in [-0.2, -0.15) is 17.5 Å². The van der Waals surface area contributed by atoms with Gasteiger partial charge in [0.2, 0.25) is 10.0 Å². The minimum absolute atomic E-state index is 0.399. The summed E-state index contributed by atoms with van der Waals surface area (Å²) in [7, 11) is -3.08. The second-order valence-corrected chi connectivity index (χ2v) is 5.72. The quantitative estimate of drug-likeness (QED) is 0.912. The third kappa shape index (κ3) is 3.67. The average Bonchev–Trinajstić information content (AvgIpc) is 2.27. The summed E-state index contributed by atoms with van der Waals surface area (Å²) in [4.78, 5) is 10.0. The van der Waals surface area contributed by atoms with Crippen LogP contribution in [0.15, 0.2) is 29.2 Å². The van der Waals surface area contributed by atoms with Gasteiger partial charge < -0.3 is 5.11 Å². The first-order chi connectivity index (χ1) is 8.55. The molecule has 1 rings (SSSR count). The van der Waals surface area contributed by atoms with Crippen LogP contribution in [0.4, 0.5) is 13.2 Å². The van der Waals surface area contributed by atoms with Crippen LogP contribution in [0.25, 0.3) is 0 Å². The van der Waals surface area contributed by atoms with Crippen LogP contribution in [0, 0.1) is 0 Å². The molecule has 0 aliphatic rings. The zero-order chi connectivity index (χ0) is 14.8. The summed E-state index contributed by atoms with van der Waals surface area (Å²) in [5, 5.41) is 8.49. The van der Waals surface area contributed by atoms with Crippen molar-refractivity contribution in [2.75, 3.05) is 13.6 Å². The van der Waals surface area contributed by atoms with Crippen molar-refractivity contribution >= 4 is 16.0 Å². The monoisotopic (exact) mass is 297 g/mol. The van der Waals surface area contributed by atoms with E-state index in [1.165, 1.54) is 0 Å². The number of nitrogens with zero attached hydrogens (tertiary/aromatic N) is 1. The van der Waals surface area contributed by atoms with Crippen LogP contribution in [-0.4, -0.2) is 37.4 Å². The highest BCUT2D eigenvalue weighted by atomic mass is 32.2. The Balaban J connectivity index is 3.07. The molecule has 0 spiro atoms. The van der Waals surface area contributed by atoms with Gasteiger partial charge in [0.15, 0.2) is 0 Å². The summed E-state index contributed by atoms with van der Waals surface area (Å²) in [6, 6.07) is 2.83. The summed E-state index contributed by atoms with van der Waals surface area (Å²) < 4.78 is 61.1. The predicted molar refractivity (Wildman–Crippen MR) is 58.9 cm³/mol. The zero-order valence-electron chi connectivity index (χ0n) is 9.68. The van der Waals surface area contributed by atoms with Crippen LogP contribution in [0.1, 0.15) is 5.56 Å². The summed E-state index contributed by atoms with van der Waals surface area (Å²) in [5.41, 5.74) is -0.979. The third-order valence-electron chi connectivity index (χ3n) is 2.25. The summed E-state index contributed by atoms with van der Waals surface area (Å²) in [6.45, 7) is -0.774. The molecule has 0 radical (unpaired) electrons. The van der Waals surface area contributed by atoms with Gasteiger partial charge in [-0.1, -0.05) is 0 Å². The summed E-state index contributed by atoms with van der Waals surface area (Å²) in [5.74, 6) is -1.36. The maximum atomic E-state index is 12.3. The number of carbonyl (C=O) groups is 1. The van der Waals surface area contributed by atoms with Crippen molar-refractivity contribution < 1.29 is 31.5 Å². The maximum Gasteiger partial charge on any atom is 0.416 e. The molecule has 0 aliphatic heterocycles. The Hall–Kier alpha value is -1.61. The van der Waals surface area contributed by atoms with Crippen LogP contribution in [0.2, 0.25) is 0 Å². The number of hydrogen-bond acceptors (Lipinski definition) is 3. The van der Waals surface area contributed by atoms with Crippen LogP contribution in [-0.2, 0) is 21.0 Å². The standard InChI is InChI=1S/C10H10F3NO4S/c1-14(6-9(15)16)19(17,18)8-4-2-7(3-5-8)10(11,12)13/h2-5H,6H2,1H3,(H,15,16). The number of sulfonamides is 1. The van der Waals surface area contributed by atoms with E-state index in [1.807, 2.05) is 0 Å². The molecule has 0 atom stereocenters. The molecule has 1 N–H and O–H groups in total. The largest absolute Gasteiger partial charge is 0.480 e. The molecule has 9 heteroatoms. The lowest BCUT2D eigenvalue weighted by atomic mass is 10.2. The number of halogens is 3. The highest BCUT2D eigenvalue weighted by Gasteiger charge is 2.31. The first-order valence-corrected chi connectivity index (χ1v) is 6.34. The molecule has 0 fully saturated rings. The lowest BCUT2D eigenvalue weighted by molar-refractivity contribution is -0.138. The number of aliphatic carboxylic acids is 1. The Morgan fingerprint density at radius 3 is 2.11 bits per heavy atom. The van der Waals surface area contributed by atoms with E-state index in [1.54, 1.807) is 0 Å². The van der Waals surface area contributed by atoms with E-state index in [2.05, 4.69) is 0 Å². The van der Waals surface area contributed by atoms with Gasteiger partial charge in [-0.05, 0) is 24.3 Å². The Morgan fingerprint density at radius 1 is 1.26 bits per heavy atom. The minimum Gasteiger partial charge on any atom is -0.480 e. The molecule has 0 heterocycles. The van der Waals surface area contributed by atoms with Crippen molar-refractivity contribution in [2.24, 2.45) is 0 Å². The van der Waals surface area contributed by atoms with E-state index in [-0.39, 0.29) is 0 Å². The highest BCUT2D eigenvalue weighted by molar-refractivity contribution is 7.89. The van der Waals surface area contributed by atoms with Gasteiger partial charge in [0.1, 0.15) is 6.54 Å². The first-order valence-electron chi connectivity index (χ1n) is 4.90. The molecule has 1 aromatic rings. The number of benzene rings is 1. The summed E-state index contributed by atoms with van der Waals surface area (Å²) >= 11 is 0. The second kappa shape index (κ2) is 5.17. The van der Waals surface area contributed by atoms with Crippen molar-refractivity contribution in [3.8, 4) is 0 Å². The number of likely N-dealkylation sites (N-methyl/N-ethyl adjacent to an activating group) is 1. The minimum atomic E-state index is -4.56. The smallest absolute Gasteiger partial charge is 0.416 e. The fraction of sp³-hybridized carbons (Fsp3) is 0.300. The molecule has 0 amide bonds. The van der Waals surface area contributed by atoms with Crippen molar-refractivity contribution in [3.05, 3.63) is 29.8 Å². The normalized spacial score (nSPS) is 12.7. The van der Waals surface area contributed by atoms with Crippen LogP contribution in [0.5, 0.6) is 0 Å². The van der Waals surface area contributed by atoms with Crippen molar-refractivity contribution in [3.63, 3.8) is 0 Å². The van der Waals surface area contributed by atoms with Gasteiger partial charge in [-0.15, -0.1) is 0 Å². The molecule has 0 aliphatic carbocycles. The Morgan fingerprint density at radius 2 is 1.74 bits per heavy atom. The lowest BCUT2D eigenvalue weighted by Gasteiger charge is -2.15. The highest BCUT2D eigenvalue weighted by Crippen LogP contribution is 2.30. The van der Waals surface area contributed by atoms with Crippen molar-refractivity contribution in [1.29, 1.82) is 0 Å². The Bertz CT molecular complexity index is 565. The molecule has 0 unspecified atom stereocenters. The third-order valence-corrected chi connectivity index (χ3v) is 4.07. The Kier molecular flexibility index (Phi) is 4.21. The molecule has 0 saturated carbocycles. The van der Waals surface area contributed by atoms with Crippen LogP contribution >= 0.6 is 0 Å². The molecule has 1 aromatic carbocycles. The van der Waals surface area contributed by atoms with Gasteiger partial charge in [0, 0.05) is 7.05 Å². The van der Waals surface area contributed by atoms with E-state index in [0.717, 1.165) is 19.2 Å². The predicted octanol–water partition coefficient (Wildman–Crippen LogP) is 1.41. The lowest BCUT2D eigenvalue weighted by Crippen LogP contribution is -2.32. The van der Waals surface area contributed by atoms with E-state index in [0.29, 0.717) is 16.4 Å². The number of carboxylic acids is 1.